The van der Waals surface area contributed by atoms with E-state index in [2.05, 4.69) is 15.5 Å². The number of pyridine rings is 1. The fourth-order valence-corrected chi connectivity index (χ4v) is 2.63. The average molecular weight is 346 g/mol. The van der Waals surface area contributed by atoms with Crippen molar-refractivity contribution in [1.29, 1.82) is 0 Å². The largest absolute Gasteiger partial charge is 0.272 e. The minimum Gasteiger partial charge on any atom is -0.272 e. The van der Waals surface area contributed by atoms with Crippen LogP contribution >= 0.6 is 0 Å². The average Bonchev–Trinajstić information content (AvgIpc) is 2.55. The first-order valence-electron chi connectivity index (χ1n) is 7.17. The van der Waals surface area contributed by atoms with E-state index in [4.69, 9.17) is 0 Å². The topological polar surface area (TPSA) is 91.7 Å². The minimum atomic E-state index is -3.53. The van der Waals surface area contributed by atoms with Crippen molar-refractivity contribution >= 4 is 22.1 Å². The molecule has 0 spiro atoms. The first kappa shape index (κ1) is 17.8. The molecule has 1 amide bonds. The van der Waals surface area contributed by atoms with Crippen LogP contribution in [0.5, 0.6) is 0 Å². The highest BCUT2D eigenvalue weighted by atomic mass is 32.2. The summed E-state index contributed by atoms with van der Waals surface area (Å²) in [4.78, 5) is 16.0. The lowest BCUT2D eigenvalue weighted by atomic mass is 10.2. The van der Waals surface area contributed by atoms with Crippen LogP contribution in [-0.4, -0.2) is 42.6 Å². The van der Waals surface area contributed by atoms with Gasteiger partial charge in [-0.15, -0.1) is 0 Å². The van der Waals surface area contributed by atoms with Gasteiger partial charge >= 0.3 is 0 Å². The Balaban J connectivity index is 1.96. The van der Waals surface area contributed by atoms with Crippen LogP contribution in [0.3, 0.4) is 0 Å². The third-order valence-corrected chi connectivity index (χ3v) is 4.26. The highest BCUT2D eigenvalue weighted by Gasteiger charge is 2.20. The van der Waals surface area contributed by atoms with Crippen molar-refractivity contribution < 1.29 is 13.2 Å². The lowest BCUT2D eigenvalue weighted by molar-refractivity contribution is -0.121. The van der Waals surface area contributed by atoms with Gasteiger partial charge in [-0.05, 0) is 17.7 Å². The Hall–Kier alpha value is -2.58. The molecular weight excluding hydrogens is 328 g/mol. The summed E-state index contributed by atoms with van der Waals surface area (Å²) in [6.07, 6.45) is 4.06. The van der Waals surface area contributed by atoms with Crippen molar-refractivity contribution in [2.24, 2.45) is 5.10 Å². The van der Waals surface area contributed by atoms with Gasteiger partial charge in [-0.1, -0.05) is 36.4 Å². The van der Waals surface area contributed by atoms with Crippen molar-refractivity contribution in [2.45, 2.75) is 6.54 Å². The molecule has 2 aromatic rings. The molecule has 0 saturated heterocycles. The smallest absolute Gasteiger partial charge is 0.255 e. The molecule has 126 valence electrons. The van der Waals surface area contributed by atoms with Crippen molar-refractivity contribution in [3.05, 3.63) is 66.0 Å². The van der Waals surface area contributed by atoms with Crippen LogP contribution in [0.15, 0.2) is 59.8 Å². The van der Waals surface area contributed by atoms with Crippen LogP contribution in [0.1, 0.15) is 11.3 Å². The number of aromatic nitrogens is 1. The highest BCUT2D eigenvalue weighted by molar-refractivity contribution is 7.88. The second-order valence-electron chi connectivity index (χ2n) is 5.06. The molecule has 8 heteroatoms. The fourth-order valence-electron chi connectivity index (χ4n) is 1.90. The van der Waals surface area contributed by atoms with Gasteiger partial charge < -0.3 is 0 Å². The van der Waals surface area contributed by atoms with Crippen LogP contribution in [-0.2, 0) is 21.4 Å². The van der Waals surface area contributed by atoms with Crippen LogP contribution in [0.2, 0.25) is 0 Å². The van der Waals surface area contributed by atoms with Crippen molar-refractivity contribution in [3.8, 4) is 0 Å². The lowest BCUT2D eigenvalue weighted by Gasteiger charge is -2.18. The van der Waals surface area contributed by atoms with E-state index in [0.29, 0.717) is 5.69 Å². The summed E-state index contributed by atoms with van der Waals surface area (Å²) in [7, 11) is -3.53. The standard InChI is InChI=1S/C16H18N4O3S/c1-24(22,23)20(12-14-7-3-2-4-8-14)13-16(21)19-18-11-15-9-5-6-10-17-15/h2-11H,12-13H2,1H3,(H,19,21)/b18-11-. The van der Waals surface area contributed by atoms with Gasteiger partial charge in [0.25, 0.3) is 5.91 Å². The molecule has 24 heavy (non-hydrogen) atoms. The molecular formula is C16H18N4O3S. The normalized spacial score (nSPS) is 11.8. The Morgan fingerprint density at radius 3 is 2.54 bits per heavy atom. The van der Waals surface area contributed by atoms with Gasteiger partial charge in [0.1, 0.15) is 0 Å². The summed E-state index contributed by atoms with van der Waals surface area (Å²) >= 11 is 0. The molecule has 2 rings (SSSR count). The number of nitrogens with one attached hydrogen (secondary N) is 1. The summed E-state index contributed by atoms with van der Waals surface area (Å²) in [5, 5.41) is 3.78. The molecule has 0 aliphatic heterocycles. The predicted molar refractivity (Wildman–Crippen MR) is 91.7 cm³/mol. The molecule has 7 nitrogen and oxygen atoms in total. The van der Waals surface area contributed by atoms with Crippen LogP contribution in [0.25, 0.3) is 0 Å². The third kappa shape index (κ3) is 5.90. The summed E-state index contributed by atoms with van der Waals surface area (Å²) in [5.41, 5.74) is 3.69. The van der Waals surface area contributed by atoms with E-state index in [1.165, 1.54) is 6.21 Å². The first-order chi connectivity index (χ1) is 11.4. The number of hydrogen-bond acceptors (Lipinski definition) is 5. The maximum absolute atomic E-state index is 11.9. The van der Waals surface area contributed by atoms with Crippen LogP contribution in [0.4, 0.5) is 0 Å². The number of rotatable bonds is 7. The number of hydrogen-bond donors (Lipinski definition) is 1. The maximum atomic E-state index is 11.9. The Bertz CT molecular complexity index is 793. The van der Waals surface area contributed by atoms with E-state index in [1.807, 2.05) is 18.2 Å². The second-order valence-corrected chi connectivity index (χ2v) is 7.05. The SMILES string of the molecule is CS(=O)(=O)N(CC(=O)N/N=C\c1ccccn1)Cc1ccccc1. The second kappa shape index (κ2) is 8.32. The number of amides is 1. The van der Waals surface area contributed by atoms with Crippen molar-refractivity contribution in [3.63, 3.8) is 0 Å². The minimum absolute atomic E-state index is 0.122. The van der Waals surface area contributed by atoms with Gasteiger partial charge in [-0.3, -0.25) is 9.78 Å². The molecule has 0 aliphatic rings. The van der Waals surface area contributed by atoms with Gasteiger partial charge in [0.05, 0.1) is 24.7 Å². The zero-order valence-corrected chi connectivity index (χ0v) is 14.0. The lowest BCUT2D eigenvalue weighted by Crippen LogP contribution is -2.38. The molecule has 1 aromatic heterocycles. The number of carbonyl (C=O) groups is 1. The van der Waals surface area contributed by atoms with Gasteiger partial charge in [0, 0.05) is 12.7 Å². The summed E-state index contributed by atoms with van der Waals surface area (Å²) in [5.74, 6) is -0.525. The molecule has 1 N–H and O–H groups in total. The number of hydrazone groups is 1. The number of carbonyl (C=O) groups excluding carboxylic acids is 1. The molecule has 0 aliphatic carbocycles. The van der Waals surface area contributed by atoms with Crippen LogP contribution in [0, 0.1) is 0 Å². The maximum Gasteiger partial charge on any atom is 0.255 e. The summed E-state index contributed by atoms with van der Waals surface area (Å²) in [6, 6.07) is 14.4. The number of sulfonamides is 1. The van der Waals surface area contributed by atoms with Gasteiger partial charge in [-0.2, -0.15) is 9.41 Å². The van der Waals surface area contributed by atoms with E-state index in [1.54, 1.807) is 36.5 Å². The molecule has 0 atom stereocenters. The third-order valence-electron chi connectivity index (χ3n) is 3.06. The molecule has 0 radical (unpaired) electrons. The Labute approximate surface area is 141 Å². The number of nitrogens with zero attached hydrogens (tertiary/aromatic N) is 3. The quantitative estimate of drug-likeness (QED) is 0.598. The van der Waals surface area contributed by atoms with Crippen molar-refractivity contribution in [1.82, 2.24) is 14.7 Å². The predicted octanol–water partition coefficient (Wildman–Crippen LogP) is 0.994. The molecule has 0 saturated carbocycles. The Kier molecular flexibility index (Phi) is 6.16. The molecule has 0 fully saturated rings. The first-order valence-corrected chi connectivity index (χ1v) is 9.02. The van der Waals surface area contributed by atoms with E-state index < -0.39 is 15.9 Å². The van der Waals surface area contributed by atoms with Gasteiger partial charge in [-0.25, -0.2) is 13.8 Å². The molecule has 0 bridgehead atoms. The molecule has 1 heterocycles. The molecule has 0 unspecified atom stereocenters. The van der Waals surface area contributed by atoms with Crippen molar-refractivity contribution in [2.75, 3.05) is 12.8 Å². The van der Waals surface area contributed by atoms with Gasteiger partial charge in [0.15, 0.2) is 0 Å². The summed E-state index contributed by atoms with van der Waals surface area (Å²) in [6.45, 7) is -0.190. The molecule has 1 aromatic carbocycles. The number of benzene rings is 1. The van der Waals surface area contributed by atoms with E-state index >= 15 is 0 Å². The monoisotopic (exact) mass is 346 g/mol. The zero-order chi connectivity index (χ0) is 17.4. The Morgan fingerprint density at radius 1 is 1.21 bits per heavy atom. The zero-order valence-electron chi connectivity index (χ0n) is 13.2. The van der Waals surface area contributed by atoms with Crippen LogP contribution < -0.4 is 5.43 Å². The van der Waals surface area contributed by atoms with E-state index in [0.717, 1.165) is 16.1 Å². The highest BCUT2D eigenvalue weighted by Crippen LogP contribution is 2.07. The van der Waals surface area contributed by atoms with Gasteiger partial charge in [0.2, 0.25) is 10.0 Å². The summed E-state index contributed by atoms with van der Waals surface area (Å²) < 4.78 is 24.8. The fraction of sp³-hybridized carbons (Fsp3) is 0.188. The Morgan fingerprint density at radius 2 is 1.92 bits per heavy atom. The van der Waals surface area contributed by atoms with E-state index in [-0.39, 0.29) is 13.1 Å². The van der Waals surface area contributed by atoms with E-state index in [9.17, 15) is 13.2 Å².